The van der Waals surface area contributed by atoms with E-state index in [9.17, 15) is 19.5 Å². The van der Waals surface area contributed by atoms with Crippen molar-refractivity contribution in [3.05, 3.63) is 67.9 Å². The van der Waals surface area contributed by atoms with Gasteiger partial charge >= 0.3 is 5.97 Å². The van der Waals surface area contributed by atoms with Gasteiger partial charge in [-0.15, -0.1) is 0 Å². The van der Waals surface area contributed by atoms with E-state index in [1.165, 1.54) is 24.9 Å². The van der Waals surface area contributed by atoms with Crippen LogP contribution in [-0.4, -0.2) is 34.8 Å². The first-order valence-corrected chi connectivity index (χ1v) is 8.94. The smallest absolute Gasteiger partial charge is 0.306 e. The summed E-state index contributed by atoms with van der Waals surface area (Å²) < 4.78 is 11.4. The van der Waals surface area contributed by atoms with Crippen LogP contribution in [0.3, 0.4) is 0 Å². The summed E-state index contributed by atoms with van der Waals surface area (Å²) in [7, 11) is 4.36. The lowest BCUT2D eigenvalue weighted by Gasteiger charge is -2.19. The molecule has 1 atom stereocenters. The summed E-state index contributed by atoms with van der Waals surface area (Å²) in [5.41, 5.74) is 0.307. The first-order chi connectivity index (χ1) is 13.8. The van der Waals surface area contributed by atoms with Crippen LogP contribution >= 0.6 is 0 Å². The second-order valence-corrected chi connectivity index (χ2v) is 6.80. The Hall–Kier alpha value is -3.55. The molecule has 1 aromatic carbocycles. The highest BCUT2D eigenvalue weighted by Gasteiger charge is 2.28. The van der Waals surface area contributed by atoms with E-state index in [0.717, 1.165) is 5.39 Å². The summed E-state index contributed by atoms with van der Waals surface area (Å²) in [6, 6.07) is 8.28. The molecule has 0 bridgehead atoms. The van der Waals surface area contributed by atoms with E-state index in [-0.39, 0.29) is 28.9 Å². The number of benzene rings is 1. The van der Waals surface area contributed by atoms with E-state index < -0.39 is 17.4 Å². The number of fused-ring (bicyclic) bond motifs is 1. The maximum Gasteiger partial charge on any atom is 0.306 e. The van der Waals surface area contributed by atoms with Crippen LogP contribution in [0, 0.1) is 6.92 Å². The molecule has 0 saturated carbocycles. The van der Waals surface area contributed by atoms with Crippen LogP contribution in [0.15, 0.2) is 39.9 Å². The van der Waals surface area contributed by atoms with E-state index >= 15 is 0 Å². The van der Waals surface area contributed by atoms with E-state index in [1.807, 2.05) is 0 Å². The fourth-order valence-electron chi connectivity index (χ4n) is 3.48. The second-order valence-electron chi connectivity index (χ2n) is 6.80. The minimum atomic E-state index is -0.975. The Bertz CT molecular complexity index is 1210. The predicted octanol–water partition coefficient (Wildman–Crippen LogP) is 1.94. The van der Waals surface area contributed by atoms with Gasteiger partial charge in [-0.3, -0.25) is 14.4 Å². The van der Waals surface area contributed by atoms with E-state index in [2.05, 4.69) is 4.98 Å². The summed E-state index contributed by atoms with van der Waals surface area (Å²) in [5.74, 6) is -1.26. The van der Waals surface area contributed by atoms with Crippen molar-refractivity contribution >= 4 is 16.9 Å². The molecular weight excluding hydrogens is 376 g/mol. The number of carbonyl (C=O) groups is 1. The lowest BCUT2D eigenvalue weighted by atomic mass is 9.88. The van der Waals surface area contributed by atoms with Gasteiger partial charge in [0.15, 0.2) is 0 Å². The molecule has 0 saturated heterocycles. The Morgan fingerprint density at radius 2 is 1.93 bits per heavy atom. The topological polar surface area (TPSA) is 111 Å². The fourth-order valence-corrected chi connectivity index (χ4v) is 3.48. The van der Waals surface area contributed by atoms with Gasteiger partial charge in [0.1, 0.15) is 11.5 Å². The Morgan fingerprint density at radius 1 is 1.21 bits per heavy atom. The number of pyridine rings is 2. The van der Waals surface area contributed by atoms with E-state index in [4.69, 9.17) is 9.47 Å². The molecule has 0 aliphatic rings. The second kappa shape index (κ2) is 7.83. The van der Waals surface area contributed by atoms with Crippen LogP contribution in [0.4, 0.5) is 0 Å². The Balaban J connectivity index is 2.31. The zero-order valence-electron chi connectivity index (χ0n) is 16.6. The maximum absolute atomic E-state index is 13.1. The number of hydrogen-bond acceptors (Lipinski definition) is 6. The molecule has 2 aromatic heterocycles. The lowest BCUT2D eigenvalue weighted by molar-refractivity contribution is -0.140. The summed E-state index contributed by atoms with van der Waals surface area (Å²) in [6.07, 6.45) is -0.271. The molecule has 0 aliphatic heterocycles. The molecule has 29 heavy (non-hydrogen) atoms. The monoisotopic (exact) mass is 398 g/mol. The van der Waals surface area contributed by atoms with Crippen LogP contribution < -0.4 is 15.9 Å². The summed E-state index contributed by atoms with van der Waals surface area (Å²) in [6.45, 7) is 1.63. The number of carbonyl (C=O) groups excluding carboxylic acids is 1. The number of rotatable bonds is 5. The van der Waals surface area contributed by atoms with Crippen LogP contribution in [0.5, 0.6) is 11.5 Å². The lowest BCUT2D eigenvalue weighted by Crippen LogP contribution is -2.28. The van der Waals surface area contributed by atoms with Gasteiger partial charge in [0.2, 0.25) is 0 Å². The summed E-state index contributed by atoms with van der Waals surface area (Å²) in [4.78, 5) is 40.4. The molecule has 0 aliphatic carbocycles. The highest BCUT2D eigenvalue weighted by Crippen LogP contribution is 2.32. The molecule has 3 aromatic rings. The number of aromatic nitrogens is 2. The molecule has 0 radical (unpaired) electrons. The Morgan fingerprint density at radius 3 is 2.55 bits per heavy atom. The largest absolute Gasteiger partial charge is 0.507 e. The van der Waals surface area contributed by atoms with Crippen molar-refractivity contribution < 1.29 is 19.4 Å². The van der Waals surface area contributed by atoms with E-state index in [1.54, 1.807) is 38.2 Å². The minimum absolute atomic E-state index is 0.0500. The molecule has 3 rings (SSSR count). The number of hydrogen-bond donors (Lipinski definition) is 2. The third-order valence-corrected chi connectivity index (χ3v) is 4.97. The quantitative estimate of drug-likeness (QED) is 0.636. The average molecular weight is 398 g/mol. The van der Waals surface area contributed by atoms with Crippen molar-refractivity contribution in [1.29, 1.82) is 0 Å². The van der Waals surface area contributed by atoms with Crippen LogP contribution in [0.2, 0.25) is 0 Å². The van der Waals surface area contributed by atoms with Crippen molar-refractivity contribution in [2.24, 2.45) is 7.05 Å². The number of methoxy groups -OCH3 is 2. The van der Waals surface area contributed by atoms with Gasteiger partial charge in [0.05, 0.1) is 31.7 Å². The zero-order chi connectivity index (χ0) is 21.3. The summed E-state index contributed by atoms with van der Waals surface area (Å²) >= 11 is 0. The molecule has 8 heteroatoms. The number of ether oxygens (including phenoxy) is 2. The molecule has 2 N–H and O–H groups in total. The van der Waals surface area contributed by atoms with Gasteiger partial charge < -0.3 is 24.1 Å². The number of esters is 1. The van der Waals surface area contributed by atoms with Crippen molar-refractivity contribution in [2.45, 2.75) is 19.3 Å². The zero-order valence-corrected chi connectivity index (χ0v) is 16.6. The standard InChI is InChI=1S/C21H22N2O6/c1-11-7-17(24)19(20(26)22-11)14(10-18(25)29-4)15-8-12-5-6-13(28-3)9-16(12)23(2)21(15)27/h5-9,14H,10H2,1-4H3,(H2,22,24,26)/t14-/m1/s1. The molecule has 0 amide bonds. The minimum Gasteiger partial charge on any atom is -0.507 e. The highest BCUT2D eigenvalue weighted by atomic mass is 16.5. The van der Waals surface area contributed by atoms with Crippen LogP contribution in [-0.2, 0) is 16.6 Å². The number of aromatic amines is 1. The molecule has 8 nitrogen and oxygen atoms in total. The van der Waals surface area contributed by atoms with Gasteiger partial charge in [-0.05, 0) is 36.6 Å². The molecule has 152 valence electrons. The highest BCUT2D eigenvalue weighted by molar-refractivity contribution is 5.82. The van der Waals surface area contributed by atoms with Gasteiger partial charge in [-0.25, -0.2) is 0 Å². The molecule has 0 spiro atoms. The SMILES string of the molecule is COC(=O)C[C@@H](c1c(O)cc(C)[nH]c1=O)c1cc2ccc(OC)cc2n(C)c1=O. The van der Waals surface area contributed by atoms with Gasteiger partial charge in [0.25, 0.3) is 11.1 Å². The number of aromatic hydroxyl groups is 1. The Kier molecular flexibility index (Phi) is 5.45. The van der Waals surface area contributed by atoms with Crippen molar-refractivity contribution in [2.75, 3.05) is 14.2 Å². The van der Waals surface area contributed by atoms with Gasteiger partial charge in [-0.1, -0.05) is 0 Å². The van der Waals surface area contributed by atoms with Crippen molar-refractivity contribution in [3.63, 3.8) is 0 Å². The maximum atomic E-state index is 13.1. The first kappa shape index (κ1) is 20.2. The molecular formula is C21H22N2O6. The molecule has 0 unspecified atom stereocenters. The third-order valence-electron chi connectivity index (χ3n) is 4.97. The number of H-pyrrole nitrogens is 1. The van der Waals surface area contributed by atoms with Crippen LogP contribution in [0.25, 0.3) is 10.9 Å². The molecule has 0 fully saturated rings. The van der Waals surface area contributed by atoms with E-state index in [0.29, 0.717) is 17.0 Å². The van der Waals surface area contributed by atoms with Gasteiger partial charge in [0, 0.05) is 30.3 Å². The van der Waals surface area contributed by atoms with Crippen LogP contribution in [0.1, 0.15) is 29.2 Å². The van der Waals surface area contributed by atoms with Gasteiger partial charge in [-0.2, -0.15) is 0 Å². The predicted molar refractivity (Wildman–Crippen MR) is 108 cm³/mol. The average Bonchev–Trinajstić information content (AvgIpc) is 2.68. The first-order valence-electron chi connectivity index (χ1n) is 8.94. The Labute approximate surface area is 166 Å². The van der Waals surface area contributed by atoms with Crippen molar-refractivity contribution in [3.8, 4) is 11.5 Å². The fraction of sp³-hybridized carbons (Fsp3) is 0.286. The number of nitrogens with one attached hydrogen (secondary N) is 1. The third kappa shape index (κ3) is 3.73. The molecule has 2 heterocycles. The number of aryl methyl sites for hydroxylation is 2. The van der Waals surface area contributed by atoms with Crippen molar-refractivity contribution in [1.82, 2.24) is 9.55 Å². The normalized spacial score (nSPS) is 12.0. The number of nitrogens with zero attached hydrogens (tertiary/aromatic N) is 1. The summed E-state index contributed by atoms with van der Waals surface area (Å²) in [5, 5.41) is 11.2.